The van der Waals surface area contributed by atoms with Crippen molar-refractivity contribution in [2.75, 3.05) is 24.7 Å². The lowest BCUT2D eigenvalue weighted by atomic mass is 9.94. The topological polar surface area (TPSA) is 78.0 Å². The Morgan fingerprint density at radius 2 is 1.96 bits per heavy atom. The lowest BCUT2D eigenvalue weighted by Crippen LogP contribution is -2.44. The van der Waals surface area contributed by atoms with Crippen LogP contribution in [0.2, 0.25) is 0 Å². The third kappa shape index (κ3) is 2.27. The van der Waals surface area contributed by atoms with Crippen LogP contribution in [-0.4, -0.2) is 39.7 Å². The van der Waals surface area contributed by atoms with Gasteiger partial charge in [0.05, 0.1) is 5.56 Å². The number of piperidine rings is 1. The van der Waals surface area contributed by atoms with E-state index in [1.807, 2.05) is 4.79 Å². The van der Waals surface area contributed by atoms with Gasteiger partial charge in [0.2, 0.25) is 0 Å². The fourth-order valence-corrected chi connectivity index (χ4v) is 4.00. The predicted molar refractivity (Wildman–Crippen MR) is 85.8 cm³/mol. The zero-order valence-electron chi connectivity index (χ0n) is 13.2. The van der Waals surface area contributed by atoms with E-state index in [4.69, 9.17) is 0 Å². The van der Waals surface area contributed by atoms with Crippen LogP contribution in [-0.2, 0) is 12.8 Å². The van der Waals surface area contributed by atoms with Gasteiger partial charge in [-0.2, -0.15) is 10.1 Å². The lowest BCUT2D eigenvalue weighted by Gasteiger charge is -2.34. The second-order valence-corrected chi connectivity index (χ2v) is 6.58. The molecule has 120 valence electrons. The Balaban J connectivity index is 1.79. The van der Waals surface area contributed by atoms with Gasteiger partial charge in [-0.15, -0.1) is 5.10 Å². The van der Waals surface area contributed by atoms with E-state index in [-0.39, 0.29) is 6.61 Å². The van der Waals surface area contributed by atoms with Gasteiger partial charge in [0.1, 0.15) is 23.8 Å². The Kier molecular flexibility index (Phi) is 3.66. The summed E-state index contributed by atoms with van der Waals surface area (Å²) in [6, 6.07) is 2.37. The zero-order chi connectivity index (χ0) is 15.8. The number of hydrogen-bond donors (Lipinski definition) is 1. The number of aromatic nitrogens is 3. The molecule has 1 fully saturated rings. The molecular weight excluding hydrogens is 290 g/mol. The summed E-state index contributed by atoms with van der Waals surface area (Å²) in [4.78, 5) is 6.40. The average molecular weight is 311 g/mol. The molecule has 2 aliphatic carbocycles. The van der Waals surface area contributed by atoms with Crippen LogP contribution in [0, 0.1) is 17.2 Å². The van der Waals surface area contributed by atoms with Gasteiger partial charge in [0, 0.05) is 19.7 Å². The van der Waals surface area contributed by atoms with Gasteiger partial charge in [-0.05, 0) is 55.6 Å². The Morgan fingerprint density at radius 3 is 2.65 bits per heavy atom. The molecule has 0 saturated carbocycles. The van der Waals surface area contributed by atoms with E-state index in [0.29, 0.717) is 5.92 Å². The van der Waals surface area contributed by atoms with Crippen LogP contribution in [0.3, 0.4) is 0 Å². The molecule has 0 aromatic heterocycles. The highest BCUT2D eigenvalue weighted by atomic mass is 16.3. The molecule has 6 heteroatoms. The first-order chi connectivity index (χ1) is 11.3. The quantitative estimate of drug-likeness (QED) is 0.909. The van der Waals surface area contributed by atoms with Gasteiger partial charge in [-0.3, -0.25) is 5.01 Å². The molecule has 0 unspecified atom stereocenters. The predicted octanol–water partition coefficient (Wildman–Crippen LogP) is 1.47. The fourth-order valence-electron chi connectivity index (χ4n) is 4.00. The van der Waals surface area contributed by atoms with E-state index in [0.717, 1.165) is 62.1 Å². The van der Waals surface area contributed by atoms with Crippen molar-refractivity contribution in [3.8, 4) is 17.5 Å². The molecule has 0 aromatic rings. The number of rotatable bonds is 2. The maximum Gasteiger partial charge on any atom is 0.138 e. The van der Waals surface area contributed by atoms with Crippen molar-refractivity contribution >= 4 is 0 Å². The molecule has 0 bridgehead atoms. The van der Waals surface area contributed by atoms with E-state index in [1.54, 1.807) is 6.33 Å². The summed E-state index contributed by atoms with van der Waals surface area (Å²) in [5, 5.41) is 25.6. The third-order valence-electron chi connectivity index (χ3n) is 5.29. The molecule has 4 aliphatic rings. The molecule has 1 N–H and O–H groups in total. The van der Waals surface area contributed by atoms with Crippen molar-refractivity contribution < 1.29 is 5.11 Å². The van der Waals surface area contributed by atoms with Crippen molar-refractivity contribution in [1.29, 1.82) is 5.26 Å². The molecule has 4 rings (SSSR count). The van der Waals surface area contributed by atoms with Crippen molar-refractivity contribution in [1.82, 2.24) is 14.9 Å². The molecule has 2 heterocycles. The van der Waals surface area contributed by atoms with Gasteiger partial charge >= 0.3 is 0 Å². The molecule has 0 spiro atoms. The van der Waals surface area contributed by atoms with Gasteiger partial charge in [0.25, 0.3) is 0 Å². The standard InChI is InChI=1S/C17H21N5O/c18-9-15-13-3-1-2-4-14(13)17-16(15)19-11-20-22(17)21-7-5-12(10-23)6-8-21/h11-12,23H,1-8,10H2. The lowest BCUT2D eigenvalue weighted by molar-refractivity contribution is 0.194. The highest BCUT2D eigenvalue weighted by Gasteiger charge is 2.31. The summed E-state index contributed by atoms with van der Waals surface area (Å²) >= 11 is 0. The van der Waals surface area contributed by atoms with E-state index < -0.39 is 0 Å². The Bertz CT molecular complexity index is 724. The summed E-state index contributed by atoms with van der Waals surface area (Å²) < 4.78 is 0. The van der Waals surface area contributed by atoms with Gasteiger partial charge in [-0.25, -0.2) is 4.98 Å². The first-order valence-electron chi connectivity index (χ1n) is 8.47. The van der Waals surface area contributed by atoms with Crippen LogP contribution in [0.4, 0.5) is 0 Å². The van der Waals surface area contributed by atoms with E-state index in [2.05, 4.69) is 21.2 Å². The SMILES string of the molecule is N#Cc1c2ncnn(N3CCC(CO)CC3)c-2c2c1CCCC2. The molecule has 0 radical (unpaired) electrons. The number of nitriles is 1. The molecule has 23 heavy (non-hydrogen) atoms. The molecule has 6 nitrogen and oxygen atoms in total. The third-order valence-corrected chi connectivity index (χ3v) is 5.29. The van der Waals surface area contributed by atoms with Crippen LogP contribution in [0.5, 0.6) is 0 Å². The zero-order valence-corrected chi connectivity index (χ0v) is 13.2. The number of aliphatic hydroxyl groups excluding tert-OH is 1. The molecule has 1 saturated heterocycles. The smallest absolute Gasteiger partial charge is 0.138 e. The van der Waals surface area contributed by atoms with Gasteiger partial charge in [0.15, 0.2) is 0 Å². The normalized spacial score (nSPS) is 18.9. The fraction of sp³-hybridized carbons (Fsp3) is 0.588. The van der Waals surface area contributed by atoms with Crippen LogP contribution in [0.15, 0.2) is 6.33 Å². The van der Waals surface area contributed by atoms with Crippen molar-refractivity contribution in [2.24, 2.45) is 5.92 Å². The second-order valence-electron chi connectivity index (χ2n) is 6.58. The number of fused-ring (bicyclic) bond motifs is 3. The minimum atomic E-state index is 0.266. The van der Waals surface area contributed by atoms with Crippen molar-refractivity contribution in [2.45, 2.75) is 38.5 Å². The Hall–Kier alpha value is -2.13. The molecule has 0 aromatic carbocycles. The van der Waals surface area contributed by atoms with Crippen LogP contribution >= 0.6 is 0 Å². The van der Waals surface area contributed by atoms with E-state index >= 15 is 0 Å². The van der Waals surface area contributed by atoms with Crippen LogP contribution < -0.4 is 5.01 Å². The number of hydrogen-bond acceptors (Lipinski definition) is 5. The summed E-state index contributed by atoms with van der Waals surface area (Å²) in [6.07, 6.45) is 7.81. The van der Waals surface area contributed by atoms with Crippen LogP contribution in [0.1, 0.15) is 42.4 Å². The highest BCUT2D eigenvalue weighted by molar-refractivity contribution is 5.76. The average Bonchev–Trinajstić information content (AvgIpc) is 2.95. The minimum Gasteiger partial charge on any atom is -0.396 e. The van der Waals surface area contributed by atoms with Gasteiger partial charge < -0.3 is 5.11 Å². The van der Waals surface area contributed by atoms with Gasteiger partial charge in [-0.1, -0.05) is 0 Å². The largest absolute Gasteiger partial charge is 0.396 e. The monoisotopic (exact) mass is 311 g/mol. The van der Waals surface area contributed by atoms with Crippen molar-refractivity contribution in [3.63, 3.8) is 0 Å². The number of aliphatic hydroxyl groups is 1. The summed E-state index contributed by atoms with van der Waals surface area (Å²) in [6.45, 7) is 2.02. The van der Waals surface area contributed by atoms with Crippen LogP contribution in [0.25, 0.3) is 11.4 Å². The molecule has 0 amide bonds. The maximum atomic E-state index is 9.59. The Morgan fingerprint density at radius 1 is 1.22 bits per heavy atom. The van der Waals surface area contributed by atoms with E-state index in [1.165, 1.54) is 17.5 Å². The van der Waals surface area contributed by atoms with E-state index in [9.17, 15) is 10.4 Å². The molecular formula is C17H21N5O. The van der Waals surface area contributed by atoms with Crippen molar-refractivity contribution in [3.05, 3.63) is 23.0 Å². The molecule has 2 aliphatic heterocycles. The summed E-state index contributed by atoms with van der Waals surface area (Å²) in [5.41, 5.74) is 5.04. The minimum absolute atomic E-state index is 0.266. The first kappa shape index (κ1) is 14.5. The summed E-state index contributed by atoms with van der Waals surface area (Å²) in [5.74, 6) is 0.396. The maximum absolute atomic E-state index is 9.59. The summed E-state index contributed by atoms with van der Waals surface area (Å²) in [7, 11) is 0. The number of nitrogens with zero attached hydrogens (tertiary/aromatic N) is 5. The first-order valence-corrected chi connectivity index (χ1v) is 8.47. The highest BCUT2D eigenvalue weighted by Crippen LogP contribution is 2.39. The molecule has 0 atom stereocenters. The second kappa shape index (κ2) is 5.82. The Labute approximate surface area is 135 Å².